The number of hydrogen-bond acceptors (Lipinski definition) is 3. The van der Waals surface area contributed by atoms with E-state index in [1.54, 1.807) is 11.3 Å². The van der Waals surface area contributed by atoms with Gasteiger partial charge in [0.15, 0.2) is 0 Å². The van der Waals surface area contributed by atoms with Crippen molar-refractivity contribution in [2.75, 3.05) is 6.54 Å². The SMILES string of the molecule is CCCNC(c1ccsc1)c1ccc(CC)s1. The van der Waals surface area contributed by atoms with Crippen LogP contribution in [0.25, 0.3) is 0 Å². The highest BCUT2D eigenvalue weighted by Gasteiger charge is 2.15. The van der Waals surface area contributed by atoms with E-state index in [1.165, 1.54) is 21.7 Å². The molecule has 1 nitrogen and oxygen atoms in total. The molecule has 1 N–H and O–H groups in total. The molecule has 2 aromatic heterocycles. The highest BCUT2D eigenvalue weighted by atomic mass is 32.1. The van der Waals surface area contributed by atoms with Crippen LogP contribution in [0.1, 0.15) is 41.6 Å². The summed E-state index contributed by atoms with van der Waals surface area (Å²) < 4.78 is 0. The monoisotopic (exact) mass is 265 g/mol. The molecule has 1 atom stereocenters. The van der Waals surface area contributed by atoms with Gasteiger partial charge in [0.25, 0.3) is 0 Å². The molecule has 0 aromatic carbocycles. The van der Waals surface area contributed by atoms with E-state index in [2.05, 4.69) is 48.1 Å². The number of nitrogens with one attached hydrogen (secondary N) is 1. The lowest BCUT2D eigenvalue weighted by molar-refractivity contribution is 0.607. The van der Waals surface area contributed by atoms with E-state index in [0.717, 1.165) is 13.0 Å². The van der Waals surface area contributed by atoms with Gasteiger partial charge in [-0.3, -0.25) is 0 Å². The lowest BCUT2D eigenvalue weighted by Crippen LogP contribution is -2.21. The number of aryl methyl sites for hydroxylation is 1. The smallest absolute Gasteiger partial charge is 0.0679 e. The zero-order chi connectivity index (χ0) is 12.1. The van der Waals surface area contributed by atoms with Gasteiger partial charge in [-0.25, -0.2) is 0 Å². The fourth-order valence-corrected chi connectivity index (χ4v) is 3.59. The summed E-state index contributed by atoms with van der Waals surface area (Å²) >= 11 is 3.71. The van der Waals surface area contributed by atoms with Crippen LogP contribution in [0.15, 0.2) is 29.0 Å². The average Bonchev–Trinajstić information content (AvgIpc) is 3.00. The van der Waals surface area contributed by atoms with Crippen molar-refractivity contribution in [3.63, 3.8) is 0 Å². The summed E-state index contributed by atoms with van der Waals surface area (Å²) in [6, 6.07) is 7.14. The van der Waals surface area contributed by atoms with Crippen molar-refractivity contribution in [3.8, 4) is 0 Å². The van der Waals surface area contributed by atoms with Gasteiger partial charge in [-0.1, -0.05) is 13.8 Å². The number of rotatable bonds is 6. The zero-order valence-electron chi connectivity index (χ0n) is 10.4. The fraction of sp³-hybridized carbons (Fsp3) is 0.429. The predicted octanol–water partition coefficient (Wildman–Crippen LogP) is 4.46. The molecule has 0 spiro atoms. The second-order valence-electron chi connectivity index (χ2n) is 4.10. The summed E-state index contributed by atoms with van der Waals surface area (Å²) in [5, 5.41) is 8.05. The first-order valence-corrected chi connectivity index (χ1v) is 7.95. The van der Waals surface area contributed by atoms with Gasteiger partial charge >= 0.3 is 0 Å². The van der Waals surface area contributed by atoms with E-state index >= 15 is 0 Å². The van der Waals surface area contributed by atoms with E-state index < -0.39 is 0 Å². The first-order valence-electron chi connectivity index (χ1n) is 6.19. The van der Waals surface area contributed by atoms with Crippen LogP contribution >= 0.6 is 22.7 Å². The van der Waals surface area contributed by atoms with Crippen LogP contribution in [0.3, 0.4) is 0 Å². The van der Waals surface area contributed by atoms with Gasteiger partial charge < -0.3 is 5.32 Å². The first kappa shape index (κ1) is 12.8. The Morgan fingerprint density at radius 1 is 1.24 bits per heavy atom. The van der Waals surface area contributed by atoms with Gasteiger partial charge in [-0.15, -0.1) is 11.3 Å². The second kappa shape index (κ2) is 6.34. The Morgan fingerprint density at radius 2 is 2.12 bits per heavy atom. The normalized spacial score (nSPS) is 12.8. The zero-order valence-corrected chi connectivity index (χ0v) is 12.0. The molecule has 0 saturated heterocycles. The van der Waals surface area contributed by atoms with E-state index in [4.69, 9.17) is 0 Å². The molecular weight excluding hydrogens is 246 g/mol. The molecule has 0 aliphatic carbocycles. The number of hydrogen-bond donors (Lipinski definition) is 1. The Bertz CT molecular complexity index is 431. The van der Waals surface area contributed by atoms with E-state index in [1.807, 2.05) is 11.3 Å². The first-order chi connectivity index (χ1) is 8.35. The summed E-state index contributed by atoms with van der Waals surface area (Å²) in [7, 11) is 0. The van der Waals surface area contributed by atoms with Crippen LogP contribution in [0.5, 0.6) is 0 Å². The summed E-state index contributed by atoms with van der Waals surface area (Å²) in [6.45, 7) is 5.50. The Morgan fingerprint density at radius 3 is 2.71 bits per heavy atom. The minimum atomic E-state index is 0.381. The predicted molar refractivity (Wildman–Crippen MR) is 78.2 cm³/mol. The molecule has 0 saturated carbocycles. The van der Waals surface area contributed by atoms with Crippen LogP contribution in [0.4, 0.5) is 0 Å². The van der Waals surface area contributed by atoms with Crippen molar-refractivity contribution in [2.45, 2.75) is 32.7 Å². The Hall–Kier alpha value is -0.640. The van der Waals surface area contributed by atoms with E-state index in [0.29, 0.717) is 6.04 Å². The Labute approximate surface area is 112 Å². The third-order valence-electron chi connectivity index (χ3n) is 2.79. The van der Waals surface area contributed by atoms with Gasteiger partial charge in [0.2, 0.25) is 0 Å². The second-order valence-corrected chi connectivity index (χ2v) is 6.08. The largest absolute Gasteiger partial charge is 0.306 e. The van der Waals surface area contributed by atoms with Crippen molar-refractivity contribution in [1.82, 2.24) is 5.32 Å². The summed E-state index contributed by atoms with van der Waals surface area (Å²) in [6.07, 6.45) is 2.31. The van der Waals surface area contributed by atoms with Crippen molar-refractivity contribution < 1.29 is 0 Å². The molecule has 0 radical (unpaired) electrons. The summed E-state index contributed by atoms with van der Waals surface area (Å²) in [4.78, 5) is 2.91. The van der Waals surface area contributed by atoms with Crippen LogP contribution in [-0.4, -0.2) is 6.54 Å². The highest BCUT2D eigenvalue weighted by Crippen LogP contribution is 2.30. The van der Waals surface area contributed by atoms with Gasteiger partial charge in [0, 0.05) is 9.75 Å². The molecule has 2 heterocycles. The van der Waals surface area contributed by atoms with Gasteiger partial charge in [0.05, 0.1) is 6.04 Å². The average molecular weight is 265 g/mol. The minimum Gasteiger partial charge on any atom is -0.306 e. The molecular formula is C14H19NS2. The third-order valence-corrected chi connectivity index (χ3v) is 4.79. The molecule has 2 aromatic rings. The van der Waals surface area contributed by atoms with Crippen molar-refractivity contribution in [3.05, 3.63) is 44.3 Å². The summed E-state index contributed by atoms with van der Waals surface area (Å²) in [5.41, 5.74) is 1.40. The molecule has 0 aliphatic rings. The summed E-state index contributed by atoms with van der Waals surface area (Å²) in [5.74, 6) is 0. The maximum atomic E-state index is 3.64. The molecule has 0 amide bonds. The van der Waals surface area contributed by atoms with Crippen LogP contribution in [0, 0.1) is 0 Å². The van der Waals surface area contributed by atoms with Gasteiger partial charge in [-0.2, -0.15) is 11.3 Å². The highest BCUT2D eigenvalue weighted by molar-refractivity contribution is 7.12. The fourth-order valence-electron chi connectivity index (χ4n) is 1.85. The lowest BCUT2D eigenvalue weighted by atomic mass is 10.1. The molecule has 2 rings (SSSR count). The van der Waals surface area contributed by atoms with Crippen molar-refractivity contribution in [2.24, 2.45) is 0 Å². The number of thiophene rings is 2. The van der Waals surface area contributed by atoms with Crippen LogP contribution in [0.2, 0.25) is 0 Å². The molecule has 0 aliphatic heterocycles. The van der Waals surface area contributed by atoms with Gasteiger partial charge in [0.1, 0.15) is 0 Å². The van der Waals surface area contributed by atoms with E-state index in [-0.39, 0.29) is 0 Å². The van der Waals surface area contributed by atoms with E-state index in [9.17, 15) is 0 Å². The third kappa shape index (κ3) is 3.18. The molecule has 3 heteroatoms. The van der Waals surface area contributed by atoms with Crippen molar-refractivity contribution in [1.29, 1.82) is 0 Å². The maximum absolute atomic E-state index is 3.64. The van der Waals surface area contributed by atoms with Gasteiger partial charge in [-0.05, 0) is 53.9 Å². The molecule has 92 valence electrons. The standard InChI is InChI=1S/C14H19NS2/c1-3-8-15-14(11-7-9-16-10-11)13-6-5-12(4-2)17-13/h5-7,9-10,14-15H,3-4,8H2,1-2H3. The lowest BCUT2D eigenvalue weighted by Gasteiger charge is -2.15. The Balaban J connectivity index is 2.20. The molecule has 0 bridgehead atoms. The van der Waals surface area contributed by atoms with Crippen LogP contribution in [-0.2, 0) is 6.42 Å². The minimum absolute atomic E-state index is 0.381. The molecule has 0 fully saturated rings. The van der Waals surface area contributed by atoms with Crippen molar-refractivity contribution >= 4 is 22.7 Å². The van der Waals surface area contributed by atoms with Crippen LogP contribution < -0.4 is 5.32 Å². The maximum Gasteiger partial charge on any atom is 0.0679 e. The quantitative estimate of drug-likeness (QED) is 0.813. The molecule has 1 unspecified atom stereocenters. The topological polar surface area (TPSA) is 12.0 Å². The Kier molecular flexibility index (Phi) is 4.77. The molecule has 17 heavy (non-hydrogen) atoms.